The van der Waals surface area contributed by atoms with Crippen molar-refractivity contribution in [2.45, 2.75) is 19.5 Å². The summed E-state index contributed by atoms with van der Waals surface area (Å²) in [5.41, 5.74) is 7.45. The fraction of sp³-hybridized carbons (Fsp3) is 0.174. The van der Waals surface area contributed by atoms with E-state index in [1.807, 2.05) is 0 Å². The van der Waals surface area contributed by atoms with Crippen LogP contribution >= 0.6 is 0 Å². The first-order valence-corrected chi connectivity index (χ1v) is 12.0. The van der Waals surface area contributed by atoms with Crippen molar-refractivity contribution in [2.75, 3.05) is 16.2 Å². The largest absolute Gasteiger partial charge is 0.437 e. The van der Waals surface area contributed by atoms with Gasteiger partial charge in [0.2, 0.25) is 21.9 Å². The van der Waals surface area contributed by atoms with Gasteiger partial charge in [-0.25, -0.2) is 23.4 Å². The van der Waals surface area contributed by atoms with Crippen LogP contribution in [0, 0.1) is 6.92 Å². The van der Waals surface area contributed by atoms with Gasteiger partial charge in [-0.05, 0) is 36.8 Å². The van der Waals surface area contributed by atoms with Crippen LogP contribution in [-0.2, 0) is 10.0 Å². The summed E-state index contributed by atoms with van der Waals surface area (Å²) in [4.78, 5) is 12.4. The number of hydrogen-bond donors (Lipinski definition) is 2. The van der Waals surface area contributed by atoms with E-state index in [2.05, 4.69) is 19.7 Å². The molecule has 2 aromatic heterocycles. The van der Waals surface area contributed by atoms with Gasteiger partial charge in [-0.15, -0.1) is 0 Å². The van der Waals surface area contributed by atoms with Crippen LogP contribution in [0.15, 0.2) is 60.9 Å². The van der Waals surface area contributed by atoms with Crippen LogP contribution < -0.4 is 15.2 Å². The zero-order valence-electron chi connectivity index (χ0n) is 18.4. The Morgan fingerprint density at radius 2 is 1.77 bits per heavy atom. The molecule has 4 rings (SSSR count). The summed E-state index contributed by atoms with van der Waals surface area (Å²) in [6.07, 6.45) is -2.98. The summed E-state index contributed by atoms with van der Waals surface area (Å²) in [5.74, 6) is -0.360. The first-order valence-electron chi connectivity index (χ1n) is 10.3. The molecular formula is C23H20F3N5O3S. The number of anilines is 2. The molecule has 2 heterocycles. The Balaban J connectivity index is 1.74. The minimum Gasteiger partial charge on any atom is -0.437 e. The standard InChI is InChI=1S/C23H20F3N5O3S/c1-14-13-19(31-35(32,33)12-9-23(24,25)26)15-5-2-3-6-16(15)20(14)34-21-17(7-4-10-28-21)18-8-11-29-22(27)30-18/h2-8,10-11,13,31H,9,12H2,1H3,(H2,27,29,30). The van der Waals surface area contributed by atoms with Crippen molar-refractivity contribution in [3.8, 4) is 22.9 Å². The van der Waals surface area contributed by atoms with Gasteiger partial charge in [0, 0.05) is 23.2 Å². The lowest BCUT2D eigenvalue weighted by molar-refractivity contribution is -0.129. The molecule has 0 aliphatic rings. The molecule has 182 valence electrons. The van der Waals surface area contributed by atoms with E-state index in [9.17, 15) is 21.6 Å². The quantitative estimate of drug-likeness (QED) is 0.361. The average Bonchev–Trinajstić information content (AvgIpc) is 2.80. The summed E-state index contributed by atoms with van der Waals surface area (Å²) in [7, 11) is -4.24. The van der Waals surface area contributed by atoms with Crippen molar-refractivity contribution in [2.24, 2.45) is 0 Å². The van der Waals surface area contributed by atoms with Crippen molar-refractivity contribution in [3.63, 3.8) is 0 Å². The monoisotopic (exact) mass is 503 g/mol. The van der Waals surface area contributed by atoms with Crippen molar-refractivity contribution in [1.29, 1.82) is 0 Å². The van der Waals surface area contributed by atoms with Crippen LogP contribution in [0.4, 0.5) is 24.8 Å². The number of nitrogens with one attached hydrogen (secondary N) is 1. The van der Waals surface area contributed by atoms with E-state index in [1.165, 1.54) is 12.3 Å². The Bertz CT molecular complexity index is 1490. The number of pyridine rings is 1. The first kappa shape index (κ1) is 24.2. The highest BCUT2D eigenvalue weighted by Gasteiger charge is 2.30. The van der Waals surface area contributed by atoms with Crippen molar-refractivity contribution < 1.29 is 26.3 Å². The smallest absolute Gasteiger partial charge is 0.390 e. The van der Waals surface area contributed by atoms with Crippen molar-refractivity contribution >= 4 is 32.4 Å². The normalized spacial score (nSPS) is 12.0. The molecule has 0 saturated heterocycles. The van der Waals surface area contributed by atoms with Crippen LogP contribution in [0.25, 0.3) is 22.0 Å². The predicted molar refractivity (Wildman–Crippen MR) is 127 cm³/mol. The van der Waals surface area contributed by atoms with Gasteiger partial charge in [0.15, 0.2) is 0 Å². The molecule has 3 N–H and O–H groups in total. The molecule has 0 aliphatic carbocycles. The van der Waals surface area contributed by atoms with Crippen LogP contribution in [0.1, 0.15) is 12.0 Å². The number of aryl methyl sites for hydroxylation is 1. The number of nitrogens with zero attached hydrogens (tertiary/aromatic N) is 3. The van der Waals surface area contributed by atoms with E-state index in [4.69, 9.17) is 10.5 Å². The third-order valence-corrected chi connectivity index (χ3v) is 6.29. The number of alkyl halides is 3. The number of aromatic nitrogens is 3. The SMILES string of the molecule is Cc1cc(NS(=O)(=O)CCC(F)(F)F)c2ccccc2c1Oc1ncccc1-c1ccnc(N)n1. The lowest BCUT2D eigenvalue weighted by atomic mass is 10.0. The van der Waals surface area contributed by atoms with E-state index in [1.54, 1.807) is 55.6 Å². The molecule has 0 bridgehead atoms. The van der Waals surface area contributed by atoms with Crippen LogP contribution in [0.5, 0.6) is 11.6 Å². The van der Waals surface area contributed by atoms with E-state index in [0.29, 0.717) is 33.3 Å². The fourth-order valence-corrected chi connectivity index (χ4v) is 4.57. The van der Waals surface area contributed by atoms with E-state index in [0.717, 1.165) is 0 Å². The Kier molecular flexibility index (Phi) is 6.48. The van der Waals surface area contributed by atoms with Gasteiger partial charge < -0.3 is 10.5 Å². The predicted octanol–water partition coefficient (Wildman–Crippen LogP) is 5.07. The van der Waals surface area contributed by atoms with Gasteiger partial charge in [-0.1, -0.05) is 24.3 Å². The molecule has 8 nitrogen and oxygen atoms in total. The van der Waals surface area contributed by atoms with Gasteiger partial charge >= 0.3 is 6.18 Å². The maximum atomic E-state index is 12.5. The van der Waals surface area contributed by atoms with Crippen LogP contribution in [0.3, 0.4) is 0 Å². The molecule has 12 heteroatoms. The minimum atomic E-state index is -4.58. The molecule has 0 fully saturated rings. The summed E-state index contributed by atoms with van der Waals surface area (Å²) >= 11 is 0. The number of benzene rings is 2. The molecule has 35 heavy (non-hydrogen) atoms. The zero-order valence-corrected chi connectivity index (χ0v) is 19.2. The molecule has 0 saturated carbocycles. The molecule has 4 aromatic rings. The van der Waals surface area contributed by atoms with Gasteiger partial charge in [0.1, 0.15) is 5.75 Å². The topological polar surface area (TPSA) is 120 Å². The highest BCUT2D eigenvalue weighted by atomic mass is 32.2. The number of halogens is 3. The highest BCUT2D eigenvalue weighted by Crippen LogP contribution is 2.39. The molecule has 0 amide bonds. The first-order chi connectivity index (χ1) is 16.5. The number of rotatable bonds is 7. The lowest BCUT2D eigenvalue weighted by Gasteiger charge is -2.17. The molecule has 0 aliphatic heterocycles. The maximum absolute atomic E-state index is 12.5. The summed E-state index contributed by atoms with van der Waals surface area (Å²) < 4.78 is 70.8. The Labute approximate surface area is 199 Å². The molecule has 0 atom stereocenters. The molecule has 0 radical (unpaired) electrons. The van der Waals surface area contributed by atoms with Crippen molar-refractivity contribution in [1.82, 2.24) is 15.0 Å². The zero-order chi connectivity index (χ0) is 25.2. The Morgan fingerprint density at radius 1 is 1.03 bits per heavy atom. The molecule has 0 spiro atoms. The average molecular weight is 504 g/mol. The minimum absolute atomic E-state index is 0.0843. The number of nitrogens with two attached hydrogens (primary N) is 1. The highest BCUT2D eigenvalue weighted by molar-refractivity contribution is 7.92. The van der Waals surface area contributed by atoms with Crippen LogP contribution in [-0.4, -0.2) is 35.3 Å². The number of sulfonamides is 1. The van der Waals surface area contributed by atoms with Crippen molar-refractivity contribution in [3.05, 3.63) is 66.5 Å². The lowest BCUT2D eigenvalue weighted by Crippen LogP contribution is -2.22. The summed E-state index contributed by atoms with van der Waals surface area (Å²) in [5, 5.41) is 0.993. The second kappa shape index (κ2) is 9.37. The second-order valence-corrected chi connectivity index (χ2v) is 9.50. The summed E-state index contributed by atoms with van der Waals surface area (Å²) in [6, 6.07) is 13.4. The number of hydrogen-bond acceptors (Lipinski definition) is 7. The number of fused-ring (bicyclic) bond motifs is 1. The van der Waals surface area contributed by atoms with Gasteiger partial charge in [-0.2, -0.15) is 13.2 Å². The second-order valence-electron chi connectivity index (χ2n) is 7.66. The van der Waals surface area contributed by atoms with Crippen LogP contribution in [0.2, 0.25) is 0 Å². The van der Waals surface area contributed by atoms with E-state index < -0.39 is 28.4 Å². The van der Waals surface area contributed by atoms with Gasteiger partial charge in [-0.3, -0.25) is 4.72 Å². The van der Waals surface area contributed by atoms with E-state index in [-0.39, 0.29) is 17.5 Å². The summed E-state index contributed by atoms with van der Waals surface area (Å²) in [6.45, 7) is 1.70. The van der Waals surface area contributed by atoms with Gasteiger partial charge in [0.25, 0.3) is 0 Å². The Hall–Kier alpha value is -3.93. The van der Waals surface area contributed by atoms with E-state index >= 15 is 0 Å². The molecule has 2 aromatic carbocycles. The number of nitrogen functional groups attached to an aromatic ring is 1. The maximum Gasteiger partial charge on any atom is 0.390 e. The third kappa shape index (κ3) is 5.77. The third-order valence-electron chi connectivity index (χ3n) is 5.02. The fourth-order valence-electron chi connectivity index (χ4n) is 3.46. The molecule has 0 unspecified atom stereocenters. The number of ether oxygens (including phenoxy) is 1. The molecular weight excluding hydrogens is 483 g/mol. The van der Waals surface area contributed by atoms with Gasteiger partial charge in [0.05, 0.1) is 29.1 Å². The Morgan fingerprint density at radius 3 is 2.49 bits per heavy atom.